The van der Waals surface area contributed by atoms with Crippen LogP contribution in [0.3, 0.4) is 0 Å². The highest BCUT2D eigenvalue weighted by atomic mass is 16.7. The van der Waals surface area contributed by atoms with Gasteiger partial charge in [0.1, 0.15) is 11.5 Å². The Kier molecular flexibility index (Phi) is 5.77. The van der Waals surface area contributed by atoms with Crippen molar-refractivity contribution in [1.29, 1.82) is 0 Å². The van der Waals surface area contributed by atoms with Crippen LogP contribution in [-0.4, -0.2) is 23.8 Å². The van der Waals surface area contributed by atoms with Gasteiger partial charge in [-0.05, 0) is 108 Å². The number of hydrogen-bond acceptors (Lipinski definition) is 6. The van der Waals surface area contributed by atoms with Crippen LogP contribution in [0.4, 0.5) is 0 Å². The highest BCUT2D eigenvalue weighted by Gasteiger charge is 2.23. The number of aryl methyl sites for hydroxylation is 4. The van der Waals surface area contributed by atoms with Gasteiger partial charge in [0.05, 0.1) is 0 Å². The minimum atomic E-state index is 0.205. The van der Waals surface area contributed by atoms with Crippen molar-refractivity contribution in [3.05, 3.63) is 95.1 Å². The van der Waals surface area contributed by atoms with E-state index in [-0.39, 0.29) is 25.1 Å². The quantitative estimate of drug-likeness (QED) is 0.347. The van der Waals surface area contributed by atoms with Gasteiger partial charge in [0.2, 0.25) is 13.6 Å². The fraction of sp³-hybridized carbons (Fsp3) is 0.200. The monoisotopic (exact) mass is 482 g/mol. The number of phenolic OH excluding ortho intramolecular Hbond substituents is 2. The summed E-state index contributed by atoms with van der Waals surface area (Å²) in [5.74, 6) is 3.47. The van der Waals surface area contributed by atoms with E-state index in [9.17, 15) is 10.2 Å². The van der Waals surface area contributed by atoms with Crippen LogP contribution in [-0.2, 0) is 25.7 Å². The Bertz CT molecular complexity index is 1320. The normalized spacial score (nSPS) is 13.2. The van der Waals surface area contributed by atoms with Crippen molar-refractivity contribution in [2.24, 2.45) is 0 Å². The van der Waals surface area contributed by atoms with E-state index in [4.69, 9.17) is 18.9 Å². The van der Waals surface area contributed by atoms with Gasteiger partial charge >= 0.3 is 0 Å². The molecular formula is C30H26O6. The van der Waals surface area contributed by atoms with Gasteiger partial charge < -0.3 is 29.2 Å². The largest absolute Gasteiger partial charge is 0.508 e. The fourth-order valence-electron chi connectivity index (χ4n) is 4.87. The Hall–Kier alpha value is -4.32. The average Bonchev–Trinajstić information content (AvgIpc) is 3.53. The predicted molar refractivity (Wildman–Crippen MR) is 135 cm³/mol. The van der Waals surface area contributed by atoms with Crippen LogP contribution < -0.4 is 18.9 Å². The first-order valence-electron chi connectivity index (χ1n) is 12.0. The van der Waals surface area contributed by atoms with E-state index >= 15 is 0 Å². The standard InChI is InChI=1S/C30H26O6/c31-23-5-1-3-19(11-23)7-9-21-13-27-29(35-17-33-27)15-25(21)26-16-30-28(34-18-36-30)14-22(26)10-8-20-4-2-6-24(32)12-20/h1-6,11-16,31-32H,7-10,17-18H2. The third-order valence-corrected chi connectivity index (χ3v) is 6.67. The molecule has 36 heavy (non-hydrogen) atoms. The maximum atomic E-state index is 9.89. The van der Waals surface area contributed by atoms with E-state index in [1.165, 1.54) is 0 Å². The van der Waals surface area contributed by atoms with E-state index in [2.05, 4.69) is 24.3 Å². The summed E-state index contributed by atoms with van der Waals surface area (Å²) in [6, 6.07) is 23.0. The zero-order valence-corrected chi connectivity index (χ0v) is 19.7. The molecule has 0 fully saturated rings. The molecule has 0 bridgehead atoms. The van der Waals surface area contributed by atoms with Crippen molar-refractivity contribution >= 4 is 0 Å². The number of ether oxygens (including phenoxy) is 4. The SMILES string of the molecule is Oc1cccc(CCc2cc3c(cc2-c2cc4c(cc2CCc2cccc(O)c2)OCO4)OCO3)c1. The minimum Gasteiger partial charge on any atom is -0.508 e. The van der Waals surface area contributed by atoms with Gasteiger partial charge in [-0.1, -0.05) is 24.3 Å². The predicted octanol–water partition coefficient (Wildman–Crippen LogP) is 5.79. The van der Waals surface area contributed by atoms with E-state index in [1.54, 1.807) is 24.3 Å². The molecule has 0 saturated heterocycles. The van der Waals surface area contributed by atoms with E-state index in [0.717, 1.165) is 82.1 Å². The molecule has 0 spiro atoms. The van der Waals surface area contributed by atoms with Crippen molar-refractivity contribution in [2.45, 2.75) is 25.7 Å². The number of rotatable bonds is 7. The first-order chi connectivity index (χ1) is 17.6. The average molecular weight is 483 g/mol. The van der Waals surface area contributed by atoms with Crippen LogP contribution >= 0.6 is 0 Å². The molecule has 2 aliphatic heterocycles. The molecule has 6 rings (SSSR count). The van der Waals surface area contributed by atoms with Crippen LogP contribution in [0.1, 0.15) is 22.3 Å². The number of aromatic hydroxyl groups is 2. The van der Waals surface area contributed by atoms with Gasteiger partial charge in [0.25, 0.3) is 0 Å². The molecule has 4 aromatic carbocycles. The second-order valence-electron chi connectivity index (χ2n) is 9.07. The molecule has 6 heteroatoms. The molecule has 0 amide bonds. The lowest BCUT2D eigenvalue weighted by molar-refractivity contribution is 0.173. The molecule has 182 valence electrons. The summed E-state index contributed by atoms with van der Waals surface area (Å²) in [6.07, 6.45) is 3.06. The molecule has 2 heterocycles. The Morgan fingerprint density at radius 3 is 1.33 bits per heavy atom. The molecule has 0 aromatic heterocycles. The lowest BCUT2D eigenvalue weighted by Gasteiger charge is -2.17. The summed E-state index contributed by atoms with van der Waals surface area (Å²) < 4.78 is 22.8. The number of benzene rings is 4. The Morgan fingerprint density at radius 1 is 0.500 bits per heavy atom. The van der Waals surface area contributed by atoms with Gasteiger partial charge in [0.15, 0.2) is 23.0 Å². The van der Waals surface area contributed by atoms with Crippen molar-refractivity contribution in [2.75, 3.05) is 13.6 Å². The first kappa shape index (κ1) is 22.2. The maximum Gasteiger partial charge on any atom is 0.231 e. The lowest BCUT2D eigenvalue weighted by atomic mass is 9.89. The minimum absolute atomic E-state index is 0.205. The molecule has 4 aromatic rings. The second-order valence-corrected chi connectivity index (χ2v) is 9.07. The van der Waals surface area contributed by atoms with Crippen LogP contribution in [0.25, 0.3) is 11.1 Å². The summed E-state index contributed by atoms with van der Waals surface area (Å²) >= 11 is 0. The van der Waals surface area contributed by atoms with Crippen LogP contribution in [0.2, 0.25) is 0 Å². The third-order valence-electron chi connectivity index (χ3n) is 6.67. The Morgan fingerprint density at radius 2 is 0.917 bits per heavy atom. The maximum absolute atomic E-state index is 9.89. The molecule has 0 radical (unpaired) electrons. The van der Waals surface area contributed by atoms with Gasteiger partial charge in [-0.3, -0.25) is 0 Å². The smallest absolute Gasteiger partial charge is 0.231 e. The third kappa shape index (κ3) is 4.50. The zero-order chi connectivity index (χ0) is 24.5. The van der Waals surface area contributed by atoms with Gasteiger partial charge in [-0.15, -0.1) is 0 Å². The molecule has 0 atom stereocenters. The number of phenols is 2. The molecule has 0 aliphatic carbocycles. The summed E-state index contributed by atoms with van der Waals surface area (Å²) in [5, 5.41) is 19.8. The van der Waals surface area contributed by atoms with Gasteiger partial charge in [0, 0.05) is 0 Å². The van der Waals surface area contributed by atoms with Crippen molar-refractivity contribution in [3.63, 3.8) is 0 Å². The summed E-state index contributed by atoms with van der Waals surface area (Å²) in [5.41, 5.74) is 6.49. The highest BCUT2D eigenvalue weighted by Crippen LogP contribution is 2.44. The van der Waals surface area contributed by atoms with E-state index < -0.39 is 0 Å². The van der Waals surface area contributed by atoms with Crippen molar-refractivity contribution < 1.29 is 29.2 Å². The topological polar surface area (TPSA) is 77.4 Å². The molecular weight excluding hydrogens is 456 g/mol. The van der Waals surface area contributed by atoms with Crippen LogP contribution in [0, 0.1) is 0 Å². The fourth-order valence-corrected chi connectivity index (χ4v) is 4.87. The first-order valence-corrected chi connectivity index (χ1v) is 12.0. The van der Waals surface area contributed by atoms with Crippen LogP contribution in [0.5, 0.6) is 34.5 Å². The summed E-state index contributed by atoms with van der Waals surface area (Å²) in [4.78, 5) is 0. The Labute approximate surface area is 209 Å². The van der Waals surface area contributed by atoms with E-state index in [1.807, 2.05) is 24.3 Å². The molecule has 6 nitrogen and oxygen atoms in total. The Balaban J connectivity index is 1.39. The zero-order valence-electron chi connectivity index (χ0n) is 19.7. The van der Waals surface area contributed by atoms with Crippen molar-refractivity contribution in [1.82, 2.24) is 0 Å². The highest BCUT2D eigenvalue weighted by molar-refractivity contribution is 5.77. The van der Waals surface area contributed by atoms with E-state index in [0.29, 0.717) is 0 Å². The molecule has 0 saturated carbocycles. The summed E-state index contributed by atoms with van der Waals surface area (Å²) in [7, 11) is 0. The molecule has 2 N–H and O–H groups in total. The number of fused-ring (bicyclic) bond motifs is 2. The van der Waals surface area contributed by atoms with Crippen molar-refractivity contribution in [3.8, 4) is 45.6 Å². The van der Waals surface area contributed by atoms with Gasteiger partial charge in [-0.25, -0.2) is 0 Å². The van der Waals surface area contributed by atoms with Gasteiger partial charge in [-0.2, -0.15) is 0 Å². The lowest BCUT2D eigenvalue weighted by Crippen LogP contribution is -1.99. The number of hydrogen-bond donors (Lipinski definition) is 2. The van der Waals surface area contributed by atoms with Crippen LogP contribution in [0.15, 0.2) is 72.8 Å². The molecule has 0 unspecified atom stereocenters. The molecule has 2 aliphatic rings. The summed E-state index contributed by atoms with van der Waals surface area (Å²) in [6.45, 7) is 0.409. The second kappa shape index (κ2) is 9.38.